The summed E-state index contributed by atoms with van der Waals surface area (Å²) in [5, 5.41) is 14.5. The second-order valence-corrected chi connectivity index (χ2v) is 8.26. The molecule has 0 bridgehead atoms. The molecule has 1 unspecified atom stereocenters. The summed E-state index contributed by atoms with van der Waals surface area (Å²) in [5.41, 5.74) is 4.02. The van der Waals surface area contributed by atoms with Crippen molar-refractivity contribution in [2.24, 2.45) is 0 Å². The van der Waals surface area contributed by atoms with Gasteiger partial charge in [-0.3, -0.25) is 14.4 Å². The Morgan fingerprint density at radius 1 is 0.933 bits per heavy atom. The van der Waals surface area contributed by atoms with Crippen molar-refractivity contribution in [3.8, 4) is 0 Å². The summed E-state index contributed by atoms with van der Waals surface area (Å²) in [4.78, 5) is 13.4. The molecule has 0 fully saturated rings. The third-order valence-electron chi connectivity index (χ3n) is 4.78. The zero-order valence-electron chi connectivity index (χ0n) is 17.1. The van der Waals surface area contributed by atoms with Gasteiger partial charge in [-0.2, -0.15) is 0 Å². The van der Waals surface area contributed by atoms with Gasteiger partial charge in [0.1, 0.15) is 5.71 Å². The Kier molecular flexibility index (Phi) is 7.14. The van der Waals surface area contributed by atoms with E-state index in [9.17, 15) is 9.00 Å². The molecular weight excluding hydrogens is 394 g/mol. The monoisotopic (exact) mass is 419 g/mol. The number of aryl methyl sites for hydroxylation is 1. The van der Waals surface area contributed by atoms with Crippen molar-refractivity contribution in [3.05, 3.63) is 89.5 Å². The van der Waals surface area contributed by atoms with Crippen LogP contribution in [0.5, 0.6) is 0 Å². The number of hydrogen-bond donors (Lipinski definition) is 3. The van der Waals surface area contributed by atoms with Crippen LogP contribution >= 0.6 is 0 Å². The van der Waals surface area contributed by atoms with Gasteiger partial charge in [-0.25, -0.2) is 0 Å². The van der Waals surface area contributed by atoms with Crippen LogP contribution in [-0.2, 0) is 28.6 Å². The molecule has 3 N–H and O–H groups in total. The lowest BCUT2D eigenvalue weighted by molar-refractivity contribution is -0.110. The number of amides is 1. The number of anilines is 2. The molecule has 1 atom stereocenters. The molecule has 30 heavy (non-hydrogen) atoms. The first-order valence-electron chi connectivity index (χ1n) is 9.72. The predicted octanol–water partition coefficient (Wildman–Crippen LogP) is 4.61. The van der Waals surface area contributed by atoms with Gasteiger partial charge in [0.05, 0.1) is 0 Å². The van der Waals surface area contributed by atoms with Crippen molar-refractivity contribution >= 4 is 33.8 Å². The highest BCUT2D eigenvalue weighted by Gasteiger charge is 2.15. The fraction of sp³-hybridized carbons (Fsp3) is 0.167. The second kappa shape index (κ2) is 9.98. The molecule has 0 aliphatic carbocycles. The molecule has 0 aliphatic rings. The quantitative estimate of drug-likeness (QED) is 0.467. The van der Waals surface area contributed by atoms with E-state index in [1.54, 1.807) is 12.3 Å². The van der Waals surface area contributed by atoms with E-state index in [-0.39, 0.29) is 5.71 Å². The van der Waals surface area contributed by atoms with E-state index < -0.39 is 16.7 Å². The summed E-state index contributed by atoms with van der Waals surface area (Å²) in [7, 11) is -1.00. The Morgan fingerprint density at radius 3 is 2.20 bits per heavy atom. The summed E-state index contributed by atoms with van der Waals surface area (Å²) in [6.45, 7) is 2.60. The normalized spacial score (nSPS) is 11.5. The first-order valence-corrected chi connectivity index (χ1v) is 11.3. The summed E-state index contributed by atoms with van der Waals surface area (Å²) in [6, 6.07) is 22.4. The van der Waals surface area contributed by atoms with Crippen molar-refractivity contribution in [1.82, 2.24) is 0 Å². The third-order valence-corrected chi connectivity index (χ3v) is 5.72. The van der Waals surface area contributed by atoms with Crippen molar-refractivity contribution in [3.63, 3.8) is 0 Å². The van der Waals surface area contributed by atoms with Crippen LogP contribution < -0.4 is 10.6 Å². The van der Waals surface area contributed by atoms with E-state index in [0.717, 1.165) is 16.9 Å². The highest BCUT2D eigenvalue weighted by molar-refractivity contribution is 7.84. The number of rotatable bonds is 8. The van der Waals surface area contributed by atoms with Crippen molar-refractivity contribution < 1.29 is 9.00 Å². The minimum Gasteiger partial charge on any atom is -0.380 e. The number of hydrogen-bond acceptors (Lipinski definition) is 4. The van der Waals surface area contributed by atoms with E-state index in [1.165, 1.54) is 5.56 Å². The van der Waals surface area contributed by atoms with Gasteiger partial charge in [0.25, 0.3) is 5.91 Å². The lowest BCUT2D eigenvalue weighted by atomic mass is 10.1. The topological polar surface area (TPSA) is 82.1 Å². The van der Waals surface area contributed by atoms with Crippen LogP contribution in [-0.4, -0.2) is 22.1 Å². The number of nitrogens with one attached hydrogen (secondary N) is 3. The van der Waals surface area contributed by atoms with Crippen LogP contribution in [0.25, 0.3) is 0 Å². The van der Waals surface area contributed by atoms with Gasteiger partial charge in [-0.05, 0) is 47.9 Å². The van der Waals surface area contributed by atoms with Crippen LogP contribution in [0.3, 0.4) is 0 Å². The number of benzene rings is 3. The Labute approximate surface area is 179 Å². The molecule has 0 saturated heterocycles. The van der Waals surface area contributed by atoms with Crippen LogP contribution in [0.15, 0.2) is 77.7 Å². The van der Waals surface area contributed by atoms with Gasteiger partial charge < -0.3 is 10.6 Å². The maximum absolute atomic E-state index is 12.6. The maximum atomic E-state index is 12.6. The predicted molar refractivity (Wildman–Crippen MR) is 124 cm³/mol. The van der Waals surface area contributed by atoms with Crippen LogP contribution in [0.4, 0.5) is 11.4 Å². The van der Waals surface area contributed by atoms with Gasteiger partial charge in [-0.1, -0.05) is 49.4 Å². The van der Waals surface area contributed by atoms with Gasteiger partial charge in [0.2, 0.25) is 0 Å². The Hall–Kier alpha value is -3.25. The molecule has 0 radical (unpaired) electrons. The maximum Gasteiger partial charge on any atom is 0.274 e. The summed E-state index contributed by atoms with van der Waals surface area (Å²) < 4.78 is 11.5. The zero-order chi connectivity index (χ0) is 21.5. The van der Waals surface area contributed by atoms with Gasteiger partial charge >= 0.3 is 0 Å². The molecule has 0 aliphatic heterocycles. The zero-order valence-corrected chi connectivity index (χ0v) is 17.9. The Morgan fingerprint density at radius 2 is 1.57 bits per heavy atom. The van der Waals surface area contributed by atoms with Crippen LogP contribution in [0.1, 0.15) is 23.6 Å². The van der Waals surface area contributed by atoms with Gasteiger partial charge in [0.15, 0.2) is 0 Å². The summed E-state index contributed by atoms with van der Waals surface area (Å²) >= 11 is 0. The average molecular weight is 420 g/mol. The second-order valence-electron chi connectivity index (χ2n) is 6.88. The van der Waals surface area contributed by atoms with E-state index in [0.29, 0.717) is 23.5 Å². The molecule has 0 aromatic heterocycles. The first kappa shape index (κ1) is 21.5. The summed E-state index contributed by atoms with van der Waals surface area (Å²) in [5.74, 6) is -0.455. The smallest absolute Gasteiger partial charge is 0.274 e. The third kappa shape index (κ3) is 5.42. The molecule has 0 spiro atoms. The molecule has 154 valence electrons. The van der Waals surface area contributed by atoms with Crippen molar-refractivity contribution in [2.45, 2.75) is 24.8 Å². The fourth-order valence-electron chi connectivity index (χ4n) is 2.99. The Balaban J connectivity index is 1.69. The standard InChI is InChI=1S/C24H25N3O2S/c1-3-17-8-12-19(13-9-17)27-24(28)23(25)21-6-4-5-7-22(21)26-16-18-10-14-20(15-11-18)30(2)29/h4-15,25-26H,3,16H2,1-2H3,(H,27,28). The highest BCUT2D eigenvalue weighted by atomic mass is 32.2. The first-order chi connectivity index (χ1) is 14.5. The van der Waals surface area contributed by atoms with E-state index in [4.69, 9.17) is 5.41 Å². The lowest BCUT2D eigenvalue weighted by Crippen LogP contribution is -2.24. The van der Waals surface area contributed by atoms with Crippen LogP contribution in [0.2, 0.25) is 0 Å². The molecular formula is C24H25N3O2S. The SMILES string of the molecule is CCc1ccc(NC(=O)C(=N)c2ccccc2NCc2ccc(S(C)=O)cc2)cc1. The molecule has 6 heteroatoms. The largest absolute Gasteiger partial charge is 0.380 e. The molecule has 1 amide bonds. The number of para-hydroxylation sites is 1. The minimum atomic E-state index is -1.00. The molecule has 3 rings (SSSR count). The molecule has 3 aromatic rings. The summed E-state index contributed by atoms with van der Waals surface area (Å²) in [6.07, 6.45) is 2.58. The van der Waals surface area contributed by atoms with E-state index in [2.05, 4.69) is 17.6 Å². The highest BCUT2D eigenvalue weighted by Crippen LogP contribution is 2.19. The van der Waals surface area contributed by atoms with Crippen molar-refractivity contribution in [2.75, 3.05) is 16.9 Å². The molecule has 5 nitrogen and oxygen atoms in total. The van der Waals surface area contributed by atoms with Crippen molar-refractivity contribution in [1.29, 1.82) is 5.41 Å². The molecule has 0 saturated carbocycles. The minimum absolute atomic E-state index is 0.102. The lowest BCUT2D eigenvalue weighted by Gasteiger charge is -2.13. The molecule has 0 heterocycles. The Bertz CT molecular complexity index is 1060. The molecule has 3 aromatic carbocycles. The van der Waals surface area contributed by atoms with E-state index in [1.807, 2.05) is 66.7 Å². The average Bonchev–Trinajstić information content (AvgIpc) is 2.78. The van der Waals surface area contributed by atoms with E-state index >= 15 is 0 Å². The van der Waals surface area contributed by atoms with Gasteiger partial charge in [-0.15, -0.1) is 0 Å². The van der Waals surface area contributed by atoms with Gasteiger partial charge in [0, 0.05) is 45.4 Å². The number of carbonyl (C=O) groups is 1. The fourth-order valence-corrected chi connectivity index (χ4v) is 3.51. The van der Waals surface area contributed by atoms with Crippen LogP contribution in [0, 0.1) is 5.41 Å². The number of carbonyl (C=O) groups excluding carboxylic acids is 1.